The molecule has 0 aliphatic carbocycles. The van der Waals surface area contributed by atoms with Gasteiger partial charge in [-0.3, -0.25) is 13.9 Å². The molecule has 0 saturated carbocycles. The number of anilines is 1. The molecule has 3 aromatic carbocycles. The Labute approximate surface area is 245 Å². The molecule has 220 valence electrons. The Morgan fingerprint density at radius 2 is 1.46 bits per heavy atom. The van der Waals surface area contributed by atoms with Crippen LogP contribution in [0.2, 0.25) is 0 Å². The molecule has 1 atom stereocenters. The van der Waals surface area contributed by atoms with E-state index in [2.05, 4.69) is 5.32 Å². The standard InChI is InChI=1S/C33H43N3O4S/c1-8-31(33(38)34-20-23(2)3)35(21-28-11-9-10-25(5)17-28)32(37)22-36(29-18-26(6)16-27(7)19-29)41(39,40)30-14-12-24(4)13-15-30/h9-19,23,31H,8,20-22H2,1-7H3,(H,34,38)/t31-/m0/s1. The minimum atomic E-state index is -4.10. The molecule has 2 amide bonds. The second-order valence-corrected chi connectivity index (χ2v) is 13.1. The van der Waals surface area contributed by atoms with E-state index in [4.69, 9.17) is 0 Å². The first-order valence-corrected chi connectivity index (χ1v) is 15.6. The van der Waals surface area contributed by atoms with Gasteiger partial charge in [-0.05, 0) is 81.0 Å². The second kappa shape index (κ2) is 13.8. The average Bonchev–Trinajstić information content (AvgIpc) is 2.89. The maximum absolute atomic E-state index is 14.2. The van der Waals surface area contributed by atoms with E-state index in [0.717, 1.165) is 27.8 Å². The number of sulfonamides is 1. The summed E-state index contributed by atoms with van der Waals surface area (Å²) in [6.07, 6.45) is 0.385. The maximum atomic E-state index is 14.2. The van der Waals surface area contributed by atoms with Crippen molar-refractivity contribution in [2.45, 2.75) is 72.4 Å². The molecule has 41 heavy (non-hydrogen) atoms. The van der Waals surface area contributed by atoms with Crippen LogP contribution in [0.1, 0.15) is 55.0 Å². The van der Waals surface area contributed by atoms with Crippen molar-refractivity contribution in [3.8, 4) is 0 Å². The molecular formula is C33H43N3O4S. The molecule has 0 aliphatic rings. The molecule has 3 rings (SSSR count). The monoisotopic (exact) mass is 577 g/mol. The Kier molecular flexibility index (Phi) is 10.7. The predicted molar refractivity (Wildman–Crippen MR) is 165 cm³/mol. The molecule has 0 spiro atoms. The van der Waals surface area contributed by atoms with E-state index in [1.807, 2.05) is 78.8 Å². The number of rotatable bonds is 12. The van der Waals surface area contributed by atoms with Gasteiger partial charge in [-0.25, -0.2) is 8.42 Å². The van der Waals surface area contributed by atoms with E-state index >= 15 is 0 Å². The van der Waals surface area contributed by atoms with E-state index in [9.17, 15) is 18.0 Å². The van der Waals surface area contributed by atoms with Crippen molar-refractivity contribution in [2.24, 2.45) is 5.92 Å². The number of nitrogens with one attached hydrogen (secondary N) is 1. The van der Waals surface area contributed by atoms with Crippen LogP contribution in [-0.2, 0) is 26.2 Å². The second-order valence-electron chi connectivity index (χ2n) is 11.2. The van der Waals surface area contributed by atoms with Crippen molar-refractivity contribution in [3.05, 3.63) is 94.5 Å². The molecule has 0 fully saturated rings. The third kappa shape index (κ3) is 8.43. The van der Waals surface area contributed by atoms with Crippen LogP contribution in [0, 0.1) is 33.6 Å². The molecule has 3 aromatic rings. The number of benzene rings is 3. The van der Waals surface area contributed by atoms with Gasteiger partial charge in [0.1, 0.15) is 12.6 Å². The molecule has 0 radical (unpaired) electrons. The Morgan fingerprint density at radius 3 is 2.02 bits per heavy atom. The number of aryl methyl sites for hydroxylation is 4. The van der Waals surface area contributed by atoms with Gasteiger partial charge in [0, 0.05) is 13.1 Å². The minimum Gasteiger partial charge on any atom is -0.354 e. The summed E-state index contributed by atoms with van der Waals surface area (Å²) < 4.78 is 29.3. The summed E-state index contributed by atoms with van der Waals surface area (Å²) in [5.74, 6) is -0.452. The zero-order chi connectivity index (χ0) is 30.3. The van der Waals surface area contributed by atoms with Crippen LogP contribution in [0.4, 0.5) is 5.69 Å². The number of carbonyl (C=O) groups is 2. The van der Waals surface area contributed by atoms with Crippen molar-refractivity contribution in [2.75, 3.05) is 17.4 Å². The predicted octanol–water partition coefficient (Wildman–Crippen LogP) is 5.70. The lowest BCUT2D eigenvalue weighted by atomic mass is 10.1. The van der Waals surface area contributed by atoms with Gasteiger partial charge in [0.2, 0.25) is 11.8 Å². The highest BCUT2D eigenvalue weighted by atomic mass is 32.2. The average molecular weight is 578 g/mol. The molecule has 0 heterocycles. The van der Waals surface area contributed by atoms with E-state index in [-0.39, 0.29) is 23.3 Å². The van der Waals surface area contributed by atoms with Gasteiger partial charge < -0.3 is 10.2 Å². The van der Waals surface area contributed by atoms with Gasteiger partial charge in [0.05, 0.1) is 10.6 Å². The summed E-state index contributed by atoms with van der Waals surface area (Å²) in [4.78, 5) is 29.2. The first-order valence-electron chi connectivity index (χ1n) is 14.1. The molecule has 0 saturated heterocycles. The number of nitrogens with zero attached hydrogens (tertiary/aromatic N) is 2. The molecule has 7 nitrogen and oxygen atoms in total. The number of amides is 2. The van der Waals surface area contributed by atoms with Crippen molar-refractivity contribution in [1.82, 2.24) is 10.2 Å². The van der Waals surface area contributed by atoms with E-state index in [1.54, 1.807) is 36.4 Å². The lowest BCUT2D eigenvalue weighted by Crippen LogP contribution is -2.52. The first kappa shape index (κ1) is 31.9. The Balaban J connectivity index is 2.08. The molecule has 0 aliphatic heterocycles. The van der Waals surface area contributed by atoms with Gasteiger partial charge in [0.25, 0.3) is 10.0 Å². The van der Waals surface area contributed by atoms with Crippen LogP contribution in [0.5, 0.6) is 0 Å². The van der Waals surface area contributed by atoms with Crippen LogP contribution in [0.3, 0.4) is 0 Å². The molecule has 0 bridgehead atoms. The quantitative estimate of drug-likeness (QED) is 0.299. The summed E-state index contributed by atoms with van der Waals surface area (Å²) in [5, 5.41) is 2.96. The van der Waals surface area contributed by atoms with Crippen molar-refractivity contribution >= 4 is 27.5 Å². The summed E-state index contributed by atoms with van der Waals surface area (Å²) in [6.45, 7) is 13.7. The third-order valence-corrected chi connectivity index (χ3v) is 8.68. The number of carbonyl (C=O) groups excluding carboxylic acids is 2. The van der Waals surface area contributed by atoms with Gasteiger partial charge in [-0.15, -0.1) is 0 Å². The Hall–Kier alpha value is -3.65. The Bertz CT molecular complexity index is 1450. The lowest BCUT2D eigenvalue weighted by molar-refractivity contribution is -0.140. The highest BCUT2D eigenvalue weighted by molar-refractivity contribution is 7.92. The normalized spacial score (nSPS) is 12.2. The Morgan fingerprint density at radius 1 is 0.829 bits per heavy atom. The fraction of sp³-hybridized carbons (Fsp3) is 0.394. The molecule has 0 unspecified atom stereocenters. The third-order valence-electron chi connectivity index (χ3n) is 6.89. The van der Waals surface area contributed by atoms with Crippen LogP contribution in [-0.4, -0.2) is 44.3 Å². The van der Waals surface area contributed by atoms with Crippen LogP contribution in [0.15, 0.2) is 71.6 Å². The van der Waals surface area contributed by atoms with Gasteiger partial charge in [-0.2, -0.15) is 0 Å². The number of hydrogen-bond donors (Lipinski definition) is 1. The lowest BCUT2D eigenvalue weighted by Gasteiger charge is -2.33. The van der Waals surface area contributed by atoms with E-state index in [0.29, 0.717) is 18.7 Å². The maximum Gasteiger partial charge on any atom is 0.264 e. The number of hydrogen-bond acceptors (Lipinski definition) is 4. The molecular weight excluding hydrogens is 534 g/mol. The molecule has 1 N–H and O–H groups in total. The van der Waals surface area contributed by atoms with Crippen molar-refractivity contribution in [3.63, 3.8) is 0 Å². The summed E-state index contributed by atoms with van der Waals surface area (Å²) in [7, 11) is -4.10. The van der Waals surface area contributed by atoms with Crippen LogP contribution >= 0.6 is 0 Å². The summed E-state index contributed by atoms with van der Waals surface area (Å²) in [5.41, 5.74) is 5.00. The minimum absolute atomic E-state index is 0.0991. The van der Waals surface area contributed by atoms with E-state index < -0.39 is 28.5 Å². The van der Waals surface area contributed by atoms with E-state index in [1.165, 1.54) is 9.21 Å². The SMILES string of the molecule is CC[C@@H](C(=O)NCC(C)C)N(Cc1cccc(C)c1)C(=O)CN(c1cc(C)cc(C)c1)S(=O)(=O)c1ccc(C)cc1. The zero-order valence-electron chi connectivity index (χ0n) is 25.3. The van der Waals surface area contributed by atoms with Crippen LogP contribution < -0.4 is 9.62 Å². The highest BCUT2D eigenvalue weighted by Gasteiger charge is 2.33. The molecule has 8 heteroatoms. The van der Waals surface area contributed by atoms with Gasteiger partial charge >= 0.3 is 0 Å². The zero-order valence-corrected chi connectivity index (χ0v) is 26.1. The fourth-order valence-corrected chi connectivity index (χ4v) is 6.21. The van der Waals surface area contributed by atoms with Gasteiger partial charge in [0.15, 0.2) is 0 Å². The fourth-order valence-electron chi connectivity index (χ4n) is 4.81. The smallest absolute Gasteiger partial charge is 0.264 e. The highest BCUT2D eigenvalue weighted by Crippen LogP contribution is 2.27. The largest absolute Gasteiger partial charge is 0.354 e. The van der Waals surface area contributed by atoms with Crippen molar-refractivity contribution < 1.29 is 18.0 Å². The molecule has 0 aromatic heterocycles. The van der Waals surface area contributed by atoms with Gasteiger partial charge in [-0.1, -0.05) is 74.4 Å². The summed E-state index contributed by atoms with van der Waals surface area (Å²) in [6, 6.07) is 19.1. The topological polar surface area (TPSA) is 86.8 Å². The van der Waals surface area contributed by atoms with Crippen LogP contribution in [0.25, 0.3) is 0 Å². The first-order chi connectivity index (χ1) is 19.3. The van der Waals surface area contributed by atoms with Crippen molar-refractivity contribution in [1.29, 1.82) is 0 Å². The summed E-state index contributed by atoms with van der Waals surface area (Å²) >= 11 is 0.